The van der Waals surface area contributed by atoms with Crippen LogP contribution >= 0.6 is 0 Å². The van der Waals surface area contributed by atoms with Gasteiger partial charge in [0.1, 0.15) is 5.78 Å². The fourth-order valence-corrected chi connectivity index (χ4v) is 3.27. The lowest BCUT2D eigenvalue weighted by Gasteiger charge is -2.18. The fourth-order valence-electron chi connectivity index (χ4n) is 3.27. The van der Waals surface area contributed by atoms with Crippen molar-refractivity contribution in [1.82, 2.24) is 4.98 Å². The van der Waals surface area contributed by atoms with E-state index in [1.807, 2.05) is 36.5 Å². The third-order valence-corrected chi connectivity index (χ3v) is 4.71. The number of ketones is 1. The highest BCUT2D eigenvalue weighted by Crippen LogP contribution is 2.26. The molecular formula is C23H25NO. The molecule has 0 amide bonds. The summed E-state index contributed by atoms with van der Waals surface area (Å²) in [4.78, 5) is 17.2. The first-order valence-electron chi connectivity index (χ1n) is 9.04. The molecule has 0 bridgehead atoms. The average molecular weight is 331 g/mol. The van der Waals surface area contributed by atoms with Crippen LogP contribution in [0.25, 0.3) is 10.8 Å². The van der Waals surface area contributed by atoms with E-state index in [2.05, 4.69) is 43.1 Å². The second-order valence-electron chi connectivity index (χ2n) is 7.13. The van der Waals surface area contributed by atoms with Crippen LogP contribution in [0.5, 0.6) is 0 Å². The van der Waals surface area contributed by atoms with E-state index in [1.165, 1.54) is 0 Å². The Morgan fingerprint density at radius 1 is 0.960 bits per heavy atom. The minimum Gasteiger partial charge on any atom is -0.299 e. The van der Waals surface area contributed by atoms with Crippen LogP contribution in [0.15, 0.2) is 67.0 Å². The zero-order chi connectivity index (χ0) is 17.6. The van der Waals surface area contributed by atoms with Gasteiger partial charge >= 0.3 is 0 Å². The largest absolute Gasteiger partial charge is 0.299 e. The Balaban J connectivity index is 1.81. The summed E-state index contributed by atoms with van der Waals surface area (Å²) < 4.78 is 0. The summed E-state index contributed by atoms with van der Waals surface area (Å²) in [6, 6.07) is 18.4. The first kappa shape index (κ1) is 17.3. The van der Waals surface area contributed by atoms with E-state index < -0.39 is 0 Å². The summed E-state index contributed by atoms with van der Waals surface area (Å²) in [7, 11) is 0. The molecule has 0 aliphatic rings. The Labute approximate surface area is 149 Å². The number of hydrogen-bond acceptors (Lipinski definition) is 2. The molecule has 2 heteroatoms. The number of carbonyl (C=O) groups excluding carboxylic acids is 1. The van der Waals surface area contributed by atoms with Gasteiger partial charge in [-0.05, 0) is 41.3 Å². The minimum atomic E-state index is -0.0169. The Hall–Kier alpha value is -2.48. The van der Waals surface area contributed by atoms with Crippen molar-refractivity contribution in [2.24, 2.45) is 5.92 Å². The molecule has 2 nitrogen and oxygen atoms in total. The van der Waals surface area contributed by atoms with E-state index in [1.54, 1.807) is 6.20 Å². The summed E-state index contributed by atoms with van der Waals surface area (Å²) in [5.41, 5.74) is 2.22. The van der Waals surface area contributed by atoms with E-state index in [0.717, 1.165) is 34.7 Å². The van der Waals surface area contributed by atoms with E-state index in [9.17, 15) is 4.79 Å². The van der Waals surface area contributed by atoms with Crippen LogP contribution in [0, 0.1) is 5.92 Å². The van der Waals surface area contributed by atoms with Crippen LogP contribution in [-0.4, -0.2) is 10.8 Å². The highest BCUT2D eigenvalue weighted by atomic mass is 16.1. The average Bonchev–Trinajstić information content (AvgIpc) is 2.62. The number of Topliss-reactive ketones (excluding diaryl/α,β-unsaturated/α-hetero) is 1. The molecule has 3 rings (SSSR count). The molecule has 25 heavy (non-hydrogen) atoms. The van der Waals surface area contributed by atoms with Crippen molar-refractivity contribution >= 4 is 16.6 Å². The topological polar surface area (TPSA) is 30.0 Å². The van der Waals surface area contributed by atoms with E-state index >= 15 is 0 Å². The quantitative estimate of drug-likeness (QED) is 0.567. The Bertz CT molecular complexity index is 839. The number of nitrogens with zero attached hydrogens (tertiary/aromatic N) is 1. The number of benzene rings is 2. The summed E-state index contributed by atoms with van der Waals surface area (Å²) in [5, 5.41) is 2.25. The number of rotatable bonds is 7. The maximum Gasteiger partial charge on any atom is 0.144 e. The molecular weight excluding hydrogens is 306 g/mol. The normalized spacial score (nSPS) is 12.4. The standard InChI is InChI=1S/C23H25NO/c1-17(2)8-11-22(19-6-4-3-5-7-19)23(25)15-18-9-10-21-16-24-13-12-20(21)14-18/h3-7,9-10,12-14,16-17,22H,8,11,15H2,1-2H3. The van der Waals surface area contributed by atoms with Crippen LogP contribution in [0.2, 0.25) is 0 Å². The zero-order valence-electron chi connectivity index (χ0n) is 15.0. The predicted octanol–water partition coefficient (Wildman–Crippen LogP) is 5.57. The van der Waals surface area contributed by atoms with Gasteiger partial charge in [0, 0.05) is 30.1 Å². The second kappa shape index (κ2) is 8.06. The lowest BCUT2D eigenvalue weighted by atomic mass is 9.85. The van der Waals surface area contributed by atoms with Gasteiger partial charge in [-0.25, -0.2) is 0 Å². The molecule has 1 aromatic heterocycles. The first-order chi connectivity index (χ1) is 12.1. The van der Waals surface area contributed by atoms with Gasteiger partial charge in [0.05, 0.1) is 0 Å². The number of aromatic nitrogens is 1. The summed E-state index contributed by atoms with van der Waals surface area (Å²) in [5.74, 6) is 0.893. The monoisotopic (exact) mass is 331 g/mol. The van der Waals surface area contributed by atoms with Crippen molar-refractivity contribution in [3.63, 3.8) is 0 Å². The smallest absolute Gasteiger partial charge is 0.144 e. The maximum absolute atomic E-state index is 13.0. The molecule has 0 radical (unpaired) electrons. The lowest BCUT2D eigenvalue weighted by molar-refractivity contribution is -0.120. The van der Waals surface area contributed by atoms with Crippen molar-refractivity contribution in [2.45, 2.75) is 39.0 Å². The molecule has 1 atom stereocenters. The first-order valence-corrected chi connectivity index (χ1v) is 9.04. The molecule has 0 spiro atoms. The van der Waals surface area contributed by atoms with E-state index in [4.69, 9.17) is 0 Å². The molecule has 2 aromatic carbocycles. The maximum atomic E-state index is 13.0. The third kappa shape index (κ3) is 4.54. The molecule has 0 N–H and O–H groups in total. The van der Waals surface area contributed by atoms with Gasteiger partial charge in [-0.1, -0.05) is 62.4 Å². The zero-order valence-corrected chi connectivity index (χ0v) is 15.0. The van der Waals surface area contributed by atoms with Gasteiger partial charge in [0.2, 0.25) is 0 Å². The molecule has 3 aromatic rings. The predicted molar refractivity (Wildman–Crippen MR) is 104 cm³/mol. The van der Waals surface area contributed by atoms with E-state index in [0.29, 0.717) is 18.1 Å². The van der Waals surface area contributed by atoms with Crippen molar-refractivity contribution in [3.05, 3.63) is 78.1 Å². The van der Waals surface area contributed by atoms with Crippen LogP contribution in [0.3, 0.4) is 0 Å². The van der Waals surface area contributed by atoms with E-state index in [-0.39, 0.29) is 5.92 Å². The van der Waals surface area contributed by atoms with Crippen LogP contribution in [-0.2, 0) is 11.2 Å². The van der Waals surface area contributed by atoms with Crippen molar-refractivity contribution < 1.29 is 4.79 Å². The molecule has 1 heterocycles. The van der Waals surface area contributed by atoms with Gasteiger partial charge in [0.15, 0.2) is 0 Å². The number of pyridine rings is 1. The summed E-state index contributed by atoms with van der Waals surface area (Å²) in [6.45, 7) is 4.42. The molecule has 0 aliphatic heterocycles. The number of carbonyl (C=O) groups is 1. The van der Waals surface area contributed by atoms with Crippen LogP contribution in [0.4, 0.5) is 0 Å². The lowest BCUT2D eigenvalue weighted by Crippen LogP contribution is -2.16. The second-order valence-corrected chi connectivity index (χ2v) is 7.13. The summed E-state index contributed by atoms with van der Waals surface area (Å²) in [6.07, 6.45) is 6.11. The highest BCUT2D eigenvalue weighted by Gasteiger charge is 2.21. The minimum absolute atomic E-state index is 0.0169. The molecule has 0 saturated carbocycles. The van der Waals surface area contributed by atoms with Gasteiger partial charge in [-0.15, -0.1) is 0 Å². The molecule has 0 fully saturated rings. The Morgan fingerprint density at radius 2 is 1.76 bits per heavy atom. The molecule has 128 valence electrons. The van der Waals surface area contributed by atoms with Gasteiger partial charge in [-0.3, -0.25) is 9.78 Å². The SMILES string of the molecule is CC(C)CCC(C(=O)Cc1ccc2cnccc2c1)c1ccccc1. The molecule has 0 aliphatic carbocycles. The van der Waals surface area contributed by atoms with Crippen molar-refractivity contribution in [3.8, 4) is 0 Å². The van der Waals surface area contributed by atoms with Crippen molar-refractivity contribution in [2.75, 3.05) is 0 Å². The Kier molecular flexibility index (Phi) is 5.60. The number of hydrogen-bond donors (Lipinski definition) is 0. The van der Waals surface area contributed by atoms with Gasteiger partial charge in [-0.2, -0.15) is 0 Å². The third-order valence-electron chi connectivity index (χ3n) is 4.71. The van der Waals surface area contributed by atoms with Gasteiger partial charge in [0.25, 0.3) is 0 Å². The summed E-state index contributed by atoms with van der Waals surface area (Å²) >= 11 is 0. The highest BCUT2D eigenvalue weighted by molar-refractivity contribution is 5.89. The number of fused-ring (bicyclic) bond motifs is 1. The Morgan fingerprint density at radius 3 is 2.52 bits per heavy atom. The van der Waals surface area contributed by atoms with Crippen molar-refractivity contribution in [1.29, 1.82) is 0 Å². The van der Waals surface area contributed by atoms with Crippen LogP contribution < -0.4 is 0 Å². The van der Waals surface area contributed by atoms with Gasteiger partial charge < -0.3 is 0 Å². The molecule has 0 saturated heterocycles. The fraction of sp³-hybridized carbons (Fsp3) is 0.304. The van der Waals surface area contributed by atoms with Crippen LogP contribution in [0.1, 0.15) is 43.7 Å². The molecule has 1 unspecified atom stereocenters.